The van der Waals surface area contributed by atoms with E-state index in [0.717, 1.165) is 5.82 Å². The molecule has 4 rings (SSSR count). The lowest BCUT2D eigenvalue weighted by Gasteiger charge is -2.32. The predicted octanol–water partition coefficient (Wildman–Crippen LogP) is 4.83. The highest BCUT2D eigenvalue weighted by Gasteiger charge is 2.26. The molecule has 0 bridgehead atoms. The number of anilines is 2. The van der Waals surface area contributed by atoms with E-state index >= 15 is 0 Å². The topological polar surface area (TPSA) is 80.2 Å². The summed E-state index contributed by atoms with van der Waals surface area (Å²) >= 11 is 12.5. The van der Waals surface area contributed by atoms with Crippen molar-refractivity contribution in [2.45, 2.75) is 12.8 Å². The van der Waals surface area contributed by atoms with Crippen LogP contribution in [0.4, 0.5) is 11.5 Å². The molecule has 30 heavy (non-hydrogen) atoms. The summed E-state index contributed by atoms with van der Waals surface area (Å²) in [6.45, 7) is 1.43. The number of amides is 1. The van der Waals surface area contributed by atoms with Crippen molar-refractivity contribution in [1.82, 2.24) is 15.0 Å². The lowest BCUT2D eigenvalue weighted by Crippen LogP contribution is -2.38. The molecule has 1 fully saturated rings. The van der Waals surface area contributed by atoms with Crippen molar-refractivity contribution >= 4 is 40.6 Å². The standard InChI is InChI=1S/C21H19Cl2N5O2/c22-17-4-2-8-25-19(17)28-9-5-14(6-10-28)20(29)27-15-11-18(23)21(26-12-15)30-16-3-1-7-24-13-16/h1-4,7-8,11-14H,5-6,9-10H2,(H,27,29). The van der Waals surface area contributed by atoms with Gasteiger partial charge in [0.25, 0.3) is 0 Å². The van der Waals surface area contributed by atoms with Gasteiger partial charge >= 0.3 is 0 Å². The minimum atomic E-state index is -0.103. The number of hydrogen-bond donors (Lipinski definition) is 1. The predicted molar refractivity (Wildman–Crippen MR) is 116 cm³/mol. The monoisotopic (exact) mass is 443 g/mol. The largest absolute Gasteiger partial charge is 0.436 e. The number of rotatable bonds is 5. The molecule has 0 spiro atoms. The molecule has 1 aliphatic rings. The molecule has 0 radical (unpaired) electrons. The van der Waals surface area contributed by atoms with Gasteiger partial charge in [0.05, 0.1) is 23.1 Å². The van der Waals surface area contributed by atoms with E-state index in [9.17, 15) is 4.79 Å². The third kappa shape index (κ3) is 4.80. The second-order valence-electron chi connectivity index (χ2n) is 6.86. The third-order valence-electron chi connectivity index (χ3n) is 4.83. The molecule has 0 atom stereocenters. The van der Waals surface area contributed by atoms with Crippen LogP contribution in [0.3, 0.4) is 0 Å². The van der Waals surface area contributed by atoms with Gasteiger partial charge in [-0.05, 0) is 43.2 Å². The van der Waals surface area contributed by atoms with E-state index in [-0.39, 0.29) is 17.7 Å². The van der Waals surface area contributed by atoms with Crippen LogP contribution in [0.25, 0.3) is 0 Å². The molecule has 4 heterocycles. The number of nitrogens with zero attached hydrogens (tertiary/aromatic N) is 4. The Kier molecular flexibility index (Phi) is 6.30. The number of piperidine rings is 1. The molecule has 3 aromatic rings. The molecule has 1 amide bonds. The first-order valence-electron chi connectivity index (χ1n) is 9.50. The van der Waals surface area contributed by atoms with Crippen LogP contribution in [-0.4, -0.2) is 33.9 Å². The lowest BCUT2D eigenvalue weighted by molar-refractivity contribution is -0.120. The molecular formula is C21H19Cl2N5O2. The zero-order valence-corrected chi connectivity index (χ0v) is 17.5. The molecule has 154 valence electrons. The summed E-state index contributed by atoms with van der Waals surface area (Å²) in [5.41, 5.74) is 0.527. The second kappa shape index (κ2) is 9.28. The Morgan fingerprint density at radius 2 is 1.87 bits per heavy atom. The lowest BCUT2D eigenvalue weighted by atomic mass is 9.96. The molecule has 3 aromatic heterocycles. The number of halogens is 2. The van der Waals surface area contributed by atoms with E-state index < -0.39 is 0 Å². The van der Waals surface area contributed by atoms with Gasteiger partial charge in [0, 0.05) is 31.4 Å². The summed E-state index contributed by atoms with van der Waals surface area (Å²) in [5, 5.41) is 3.82. The minimum absolute atomic E-state index is 0.0550. The summed E-state index contributed by atoms with van der Waals surface area (Å²) in [5.74, 6) is 1.39. The van der Waals surface area contributed by atoms with Crippen LogP contribution >= 0.6 is 23.2 Å². The van der Waals surface area contributed by atoms with Crippen molar-refractivity contribution in [2.24, 2.45) is 5.92 Å². The number of nitrogens with one attached hydrogen (secondary N) is 1. The van der Waals surface area contributed by atoms with Gasteiger partial charge in [-0.1, -0.05) is 23.2 Å². The first-order valence-corrected chi connectivity index (χ1v) is 10.3. The Bertz CT molecular complexity index is 1030. The summed E-state index contributed by atoms with van der Waals surface area (Å²) in [7, 11) is 0. The van der Waals surface area contributed by atoms with E-state index in [2.05, 4.69) is 25.2 Å². The molecule has 7 nitrogen and oxygen atoms in total. The molecule has 1 N–H and O–H groups in total. The van der Waals surface area contributed by atoms with Gasteiger partial charge in [-0.15, -0.1) is 0 Å². The van der Waals surface area contributed by atoms with Crippen LogP contribution < -0.4 is 15.0 Å². The number of carbonyl (C=O) groups excluding carboxylic acids is 1. The van der Waals surface area contributed by atoms with E-state index in [0.29, 0.717) is 47.4 Å². The molecular weight excluding hydrogens is 425 g/mol. The summed E-state index contributed by atoms with van der Waals surface area (Å²) in [6.07, 6.45) is 7.88. The summed E-state index contributed by atoms with van der Waals surface area (Å²) in [6, 6.07) is 8.76. The Hall–Kier alpha value is -2.90. The fraction of sp³-hybridized carbons (Fsp3) is 0.238. The average molecular weight is 444 g/mol. The molecule has 0 aromatic carbocycles. The molecule has 1 saturated heterocycles. The summed E-state index contributed by atoms with van der Waals surface area (Å²) in [4.78, 5) is 27.3. The van der Waals surface area contributed by atoms with Crippen molar-refractivity contribution in [2.75, 3.05) is 23.3 Å². The van der Waals surface area contributed by atoms with Crippen molar-refractivity contribution in [3.05, 3.63) is 65.2 Å². The highest BCUT2D eigenvalue weighted by Crippen LogP contribution is 2.30. The quantitative estimate of drug-likeness (QED) is 0.608. The van der Waals surface area contributed by atoms with E-state index in [1.54, 1.807) is 42.9 Å². The van der Waals surface area contributed by atoms with Crippen LogP contribution in [0.5, 0.6) is 11.6 Å². The van der Waals surface area contributed by atoms with Crippen molar-refractivity contribution < 1.29 is 9.53 Å². The van der Waals surface area contributed by atoms with Crippen LogP contribution in [-0.2, 0) is 4.79 Å². The van der Waals surface area contributed by atoms with Gasteiger partial charge in [0.1, 0.15) is 16.6 Å². The maximum absolute atomic E-state index is 12.7. The van der Waals surface area contributed by atoms with Crippen molar-refractivity contribution in [3.63, 3.8) is 0 Å². The molecule has 0 aliphatic carbocycles. The number of ether oxygens (including phenoxy) is 1. The van der Waals surface area contributed by atoms with Gasteiger partial charge in [0.2, 0.25) is 11.8 Å². The van der Waals surface area contributed by atoms with Gasteiger partial charge < -0.3 is 15.0 Å². The van der Waals surface area contributed by atoms with Crippen molar-refractivity contribution in [3.8, 4) is 11.6 Å². The second-order valence-corrected chi connectivity index (χ2v) is 7.68. The highest BCUT2D eigenvalue weighted by atomic mass is 35.5. The zero-order valence-electron chi connectivity index (χ0n) is 16.0. The van der Waals surface area contributed by atoms with Crippen LogP contribution in [0.2, 0.25) is 10.0 Å². The number of aromatic nitrogens is 3. The highest BCUT2D eigenvalue weighted by molar-refractivity contribution is 6.33. The maximum Gasteiger partial charge on any atom is 0.238 e. The first kappa shape index (κ1) is 20.4. The maximum atomic E-state index is 12.7. The van der Waals surface area contributed by atoms with Gasteiger partial charge in [0.15, 0.2) is 0 Å². The molecule has 0 unspecified atom stereocenters. The average Bonchev–Trinajstić information content (AvgIpc) is 2.77. The first-order chi connectivity index (χ1) is 14.6. The molecule has 9 heteroatoms. The number of hydrogen-bond acceptors (Lipinski definition) is 6. The van der Waals surface area contributed by atoms with E-state index in [1.807, 2.05) is 6.07 Å². The van der Waals surface area contributed by atoms with Gasteiger partial charge in [-0.3, -0.25) is 9.78 Å². The van der Waals surface area contributed by atoms with Gasteiger partial charge in [-0.2, -0.15) is 0 Å². The Labute approximate surface area is 184 Å². The normalized spacial score (nSPS) is 14.4. The molecule has 0 saturated carbocycles. The van der Waals surface area contributed by atoms with Gasteiger partial charge in [-0.25, -0.2) is 9.97 Å². The minimum Gasteiger partial charge on any atom is -0.436 e. The Balaban J connectivity index is 1.34. The van der Waals surface area contributed by atoms with E-state index in [4.69, 9.17) is 27.9 Å². The number of pyridine rings is 3. The Morgan fingerprint density at radius 1 is 1.07 bits per heavy atom. The SMILES string of the molecule is O=C(Nc1cnc(Oc2cccnc2)c(Cl)c1)C1CCN(c2ncccc2Cl)CC1. The fourth-order valence-corrected chi connectivity index (χ4v) is 3.74. The van der Waals surface area contributed by atoms with Crippen LogP contribution in [0.15, 0.2) is 55.1 Å². The third-order valence-corrected chi connectivity index (χ3v) is 5.39. The summed E-state index contributed by atoms with van der Waals surface area (Å²) < 4.78 is 5.61. The molecule has 1 aliphatic heterocycles. The van der Waals surface area contributed by atoms with Crippen LogP contribution in [0.1, 0.15) is 12.8 Å². The Morgan fingerprint density at radius 3 is 2.57 bits per heavy atom. The smallest absolute Gasteiger partial charge is 0.238 e. The van der Waals surface area contributed by atoms with Crippen LogP contribution in [0, 0.1) is 5.92 Å². The van der Waals surface area contributed by atoms with Crippen molar-refractivity contribution in [1.29, 1.82) is 0 Å². The number of carbonyl (C=O) groups is 1. The van der Waals surface area contributed by atoms with E-state index in [1.165, 1.54) is 6.20 Å². The fourth-order valence-electron chi connectivity index (χ4n) is 3.30. The zero-order chi connectivity index (χ0) is 20.9.